The molecule has 1 aromatic heterocycles. The van der Waals surface area contributed by atoms with Gasteiger partial charge in [-0.3, -0.25) is 4.90 Å². The SMILES string of the molecule is CCc1nc2c(s1)Nc1ccccc1N=C2N1CCN(C)C(CCc2cccc(OC)c2)C1. The monoisotopic (exact) mass is 461 g/mol. The Hall–Kier alpha value is -2.90. The number of amidine groups is 1. The van der Waals surface area contributed by atoms with Crippen LogP contribution in [0.5, 0.6) is 5.75 Å². The Balaban J connectivity index is 1.40. The molecule has 1 atom stereocenters. The summed E-state index contributed by atoms with van der Waals surface area (Å²) in [7, 11) is 3.96. The van der Waals surface area contributed by atoms with E-state index in [-0.39, 0.29) is 0 Å². The minimum absolute atomic E-state index is 0.451. The molecule has 1 fully saturated rings. The highest BCUT2D eigenvalue weighted by atomic mass is 32.1. The van der Waals surface area contributed by atoms with Crippen LogP contribution in [0.15, 0.2) is 53.5 Å². The normalized spacial score (nSPS) is 18.1. The second-order valence-corrected chi connectivity index (χ2v) is 9.77. The van der Waals surface area contributed by atoms with E-state index in [1.807, 2.05) is 12.1 Å². The number of piperazine rings is 1. The summed E-state index contributed by atoms with van der Waals surface area (Å²) in [6.45, 7) is 5.07. The van der Waals surface area contributed by atoms with Gasteiger partial charge in [0.05, 0.1) is 23.5 Å². The van der Waals surface area contributed by atoms with Gasteiger partial charge in [-0.1, -0.05) is 31.2 Å². The summed E-state index contributed by atoms with van der Waals surface area (Å²) in [6.07, 6.45) is 3.05. The van der Waals surface area contributed by atoms with Gasteiger partial charge in [-0.15, -0.1) is 11.3 Å². The van der Waals surface area contributed by atoms with E-state index in [1.54, 1.807) is 18.4 Å². The third-order valence-corrected chi connectivity index (χ3v) is 7.66. The van der Waals surface area contributed by atoms with Gasteiger partial charge in [0.1, 0.15) is 16.4 Å². The molecule has 33 heavy (non-hydrogen) atoms. The van der Waals surface area contributed by atoms with Gasteiger partial charge in [0.15, 0.2) is 5.84 Å². The lowest BCUT2D eigenvalue weighted by Gasteiger charge is -2.40. The number of anilines is 2. The summed E-state index contributed by atoms with van der Waals surface area (Å²) < 4.78 is 5.40. The molecule has 0 bridgehead atoms. The third-order valence-electron chi connectivity index (χ3n) is 6.54. The molecule has 0 aliphatic carbocycles. The summed E-state index contributed by atoms with van der Waals surface area (Å²) in [5.74, 6) is 1.92. The fourth-order valence-corrected chi connectivity index (χ4v) is 5.46. The second-order valence-electron chi connectivity index (χ2n) is 8.69. The lowest BCUT2D eigenvalue weighted by molar-refractivity contribution is 0.134. The van der Waals surface area contributed by atoms with E-state index in [9.17, 15) is 0 Å². The van der Waals surface area contributed by atoms with Crippen molar-refractivity contribution in [3.63, 3.8) is 0 Å². The highest BCUT2D eigenvalue weighted by molar-refractivity contribution is 7.16. The summed E-state index contributed by atoms with van der Waals surface area (Å²) >= 11 is 1.74. The Morgan fingerprint density at radius 1 is 1.15 bits per heavy atom. The third kappa shape index (κ3) is 4.61. The van der Waals surface area contributed by atoms with Crippen molar-refractivity contribution in [2.45, 2.75) is 32.2 Å². The van der Waals surface area contributed by atoms with Gasteiger partial charge in [-0.05, 0) is 56.1 Å². The minimum Gasteiger partial charge on any atom is -0.497 e. The van der Waals surface area contributed by atoms with Crippen LogP contribution in [0.25, 0.3) is 0 Å². The van der Waals surface area contributed by atoms with Gasteiger partial charge in [0.2, 0.25) is 0 Å². The maximum Gasteiger partial charge on any atom is 0.158 e. The zero-order chi connectivity index (χ0) is 22.8. The number of hydrogen-bond donors (Lipinski definition) is 1. The fourth-order valence-electron chi connectivity index (χ4n) is 4.55. The number of aliphatic imine (C=N–C) groups is 1. The zero-order valence-corrected chi connectivity index (χ0v) is 20.4. The molecule has 0 spiro atoms. The van der Waals surface area contributed by atoms with Crippen LogP contribution >= 0.6 is 11.3 Å². The van der Waals surface area contributed by atoms with E-state index >= 15 is 0 Å². The molecule has 1 N–H and O–H groups in total. The maximum absolute atomic E-state index is 5.40. The van der Waals surface area contributed by atoms with Crippen LogP contribution in [0.1, 0.15) is 29.6 Å². The van der Waals surface area contributed by atoms with Crippen LogP contribution in [0, 0.1) is 0 Å². The summed E-state index contributed by atoms with van der Waals surface area (Å²) in [5.41, 5.74) is 4.33. The van der Waals surface area contributed by atoms with Gasteiger partial charge in [-0.2, -0.15) is 0 Å². The van der Waals surface area contributed by atoms with E-state index in [2.05, 4.69) is 65.5 Å². The molecule has 3 heterocycles. The molecular weight excluding hydrogens is 430 g/mol. The predicted molar refractivity (Wildman–Crippen MR) is 137 cm³/mol. The van der Waals surface area contributed by atoms with Crippen molar-refractivity contribution in [2.75, 3.05) is 39.1 Å². The first-order valence-electron chi connectivity index (χ1n) is 11.7. The molecule has 3 aromatic rings. The molecule has 0 radical (unpaired) electrons. The number of benzene rings is 2. The molecule has 1 unspecified atom stereocenters. The Morgan fingerprint density at radius 3 is 2.88 bits per heavy atom. The molecule has 0 amide bonds. The number of likely N-dealkylation sites (N-methyl/N-ethyl adjacent to an activating group) is 1. The number of methoxy groups -OCH3 is 1. The smallest absolute Gasteiger partial charge is 0.158 e. The largest absolute Gasteiger partial charge is 0.497 e. The quantitative estimate of drug-likeness (QED) is 0.573. The Labute approximate surface area is 199 Å². The highest BCUT2D eigenvalue weighted by Crippen LogP contribution is 2.38. The van der Waals surface area contributed by atoms with Crippen molar-refractivity contribution in [2.24, 2.45) is 4.99 Å². The van der Waals surface area contributed by atoms with Crippen molar-refractivity contribution in [3.8, 4) is 5.75 Å². The van der Waals surface area contributed by atoms with E-state index in [0.717, 1.165) is 77.6 Å². The van der Waals surface area contributed by atoms with E-state index < -0.39 is 0 Å². The molecule has 172 valence electrons. The second kappa shape index (κ2) is 9.53. The minimum atomic E-state index is 0.451. The van der Waals surface area contributed by atoms with Crippen LogP contribution in [0.3, 0.4) is 0 Å². The van der Waals surface area contributed by atoms with Gasteiger partial charge in [-0.25, -0.2) is 9.98 Å². The van der Waals surface area contributed by atoms with Crippen LogP contribution in [-0.4, -0.2) is 60.5 Å². The average Bonchev–Trinajstić information content (AvgIpc) is 3.19. The number of ether oxygens (including phenoxy) is 1. The van der Waals surface area contributed by atoms with Crippen LogP contribution < -0.4 is 10.1 Å². The van der Waals surface area contributed by atoms with Crippen LogP contribution in [0.4, 0.5) is 16.4 Å². The fraction of sp³-hybridized carbons (Fsp3) is 0.385. The van der Waals surface area contributed by atoms with Gasteiger partial charge < -0.3 is 15.0 Å². The molecule has 2 aliphatic rings. The number of para-hydroxylation sites is 2. The number of thiazole rings is 1. The van der Waals surface area contributed by atoms with E-state index in [4.69, 9.17) is 14.7 Å². The van der Waals surface area contributed by atoms with Crippen molar-refractivity contribution < 1.29 is 4.74 Å². The first-order chi connectivity index (χ1) is 16.1. The highest BCUT2D eigenvalue weighted by Gasteiger charge is 2.31. The lowest BCUT2D eigenvalue weighted by Crippen LogP contribution is -2.53. The van der Waals surface area contributed by atoms with Crippen LogP contribution in [-0.2, 0) is 12.8 Å². The topological polar surface area (TPSA) is 53.0 Å². The predicted octanol–water partition coefficient (Wildman–Crippen LogP) is 5.10. The summed E-state index contributed by atoms with van der Waals surface area (Å²) in [5, 5.41) is 5.84. The number of aryl methyl sites for hydroxylation is 2. The molecule has 2 aliphatic heterocycles. The number of nitrogens with one attached hydrogen (secondary N) is 1. The average molecular weight is 462 g/mol. The number of aromatic nitrogens is 1. The zero-order valence-electron chi connectivity index (χ0n) is 19.5. The Morgan fingerprint density at radius 2 is 2.03 bits per heavy atom. The maximum atomic E-state index is 5.40. The van der Waals surface area contributed by atoms with Crippen LogP contribution in [0.2, 0.25) is 0 Å². The van der Waals surface area contributed by atoms with E-state index in [1.165, 1.54) is 5.56 Å². The standard InChI is InChI=1S/C26H31N5OS/c1-4-23-29-24-25(27-21-10-5-6-11-22(21)28-26(24)33-23)31-15-14-30(2)19(17-31)13-12-18-8-7-9-20(16-18)32-3/h5-11,16,19,28H,4,12-15,17H2,1-3H3. The Kier molecular flexibility index (Phi) is 6.33. The molecule has 5 rings (SSSR count). The van der Waals surface area contributed by atoms with Crippen molar-refractivity contribution in [1.29, 1.82) is 0 Å². The molecule has 2 aromatic carbocycles. The number of nitrogens with zero attached hydrogens (tertiary/aromatic N) is 4. The first-order valence-corrected chi connectivity index (χ1v) is 12.5. The van der Waals surface area contributed by atoms with Crippen molar-refractivity contribution in [1.82, 2.24) is 14.8 Å². The molecule has 0 saturated carbocycles. The summed E-state index contributed by atoms with van der Waals surface area (Å²) in [6, 6.07) is 17.1. The molecule has 1 saturated heterocycles. The molecule has 7 heteroatoms. The number of rotatable bonds is 5. The van der Waals surface area contributed by atoms with Gasteiger partial charge in [0.25, 0.3) is 0 Å². The molecular formula is C26H31N5OS. The van der Waals surface area contributed by atoms with Crippen molar-refractivity contribution in [3.05, 3.63) is 64.8 Å². The Bertz CT molecular complexity index is 1160. The summed E-state index contributed by atoms with van der Waals surface area (Å²) in [4.78, 5) is 15.1. The lowest BCUT2D eigenvalue weighted by atomic mass is 10.0. The van der Waals surface area contributed by atoms with Gasteiger partial charge >= 0.3 is 0 Å². The first kappa shape index (κ1) is 21.9. The number of fused-ring (bicyclic) bond motifs is 2. The van der Waals surface area contributed by atoms with Crippen molar-refractivity contribution >= 4 is 33.5 Å². The number of hydrogen-bond acceptors (Lipinski definition) is 7. The van der Waals surface area contributed by atoms with E-state index in [0.29, 0.717) is 6.04 Å². The van der Waals surface area contributed by atoms with Gasteiger partial charge in [0, 0.05) is 25.7 Å². The molecule has 6 nitrogen and oxygen atoms in total.